The maximum Gasteiger partial charge on any atom is 0.322 e. The van der Waals surface area contributed by atoms with Crippen molar-refractivity contribution in [3.8, 4) is 0 Å². The number of nitrogens with one attached hydrogen (secondary N) is 1. The van der Waals surface area contributed by atoms with E-state index >= 15 is 0 Å². The molecule has 1 aliphatic heterocycles. The van der Waals surface area contributed by atoms with E-state index < -0.39 is 5.60 Å². The Kier molecular flexibility index (Phi) is 4.04. The second kappa shape index (κ2) is 5.44. The number of benzene rings is 1. The lowest BCUT2D eigenvalue weighted by molar-refractivity contribution is 0.0117. The van der Waals surface area contributed by atoms with Crippen molar-refractivity contribution in [1.29, 1.82) is 0 Å². The molecule has 1 aromatic carbocycles. The highest BCUT2D eigenvalue weighted by Gasteiger charge is 2.38. The molecule has 2 amide bonds. The first kappa shape index (κ1) is 14.9. The Morgan fingerprint density at radius 3 is 2.70 bits per heavy atom. The molecule has 0 radical (unpaired) electrons. The summed E-state index contributed by atoms with van der Waals surface area (Å²) in [4.78, 5) is 14.2. The van der Waals surface area contributed by atoms with E-state index in [0.717, 1.165) is 24.1 Å². The Balaban J connectivity index is 2.12. The first-order valence-corrected chi connectivity index (χ1v) is 7.16. The van der Waals surface area contributed by atoms with E-state index in [1.165, 1.54) is 5.56 Å². The number of amides is 2. The summed E-state index contributed by atoms with van der Waals surface area (Å²) in [6.45, 7) is 8.25. The van der Waals surface area contributed by atoms with Crippen LogP contribution in [-0.4, -0.2) is 34.2 Å². The molecule has 1 aliphatic rings. The lowest BCUT2D eigenvalue weighted by Gasteiger charge is -2.33. The summed E-state index contributed by atoms with van der Waals surface area (Å²) in [6, 6.07) is 5.72. The van der Waals surface area contributed by atoms with E-state index in [0.29, 0.717) is 6.54 Å². The molecule has 0 spiro atoms. The number of aryl methyl sites for hydroxylation is 2. The van der Waals surface area contributed by atoms with Gasteiger partial charge in [0.05, 0.1) is 11.6 Å². The fraction of sp³-hybridized carbons (Fsp3) is 0.562. The maximum absolute atomic E-state index is 12.4. The van der Waals surface area contributed by atoms with Gasteiger partial charge in [-0.2, -0.15) is 0 Å². The predicted octanol–water partition coefficient (Wildman–Crippen LogP) is 3.07. The van der Waals surface area contributed by atoms with Gasteiger partial charge in [-0.3, -0.25) is 0 Å². The van der Waals surface area contributed by atoms with Gasteiger partial charge in [-0.15, -0.1) is 0 Å². The van der Waals surface area contributed by atoms with Crippen molar-refractivity contribution >= 4 is 11.7 Å². The molecule has 1 aromatic rings. The van der Waals surface area contributed by atoms with Crippen LogP contribution < -0.4 is 5.32 Å². The highest BCUT2D eigenvalue weighted by Crippen LogP contribution is 2.27. The van der Waals surface area contributed by atoms with Crippen LogP contribution in [0.2, 0.25) is 0 Å². The van der Waals surface area contributed by atoms with Crippen LogP contribution in [0.1, 0.15) is 37.8 Å². The van der Waals surface area contributed by atoms with Crippen LogP contribution in [0.25, 0.3) is 0 Å². The van der Waals surface area contributed by atoms with Crippen molar-refractivity contribution < 1.29 is 9.90 Å². The number of anilines is 1. The minimum Gasteiger partial charge on any atom is -0.388 e. The summed E-state index contributed by atoms with van der Waals surface area (Å²) in [5.41, 5.74) is 2.20. The van der Waals surface area contributed by atoms with Gasteiger partial charge in [0.2, 0.25) is 0 Å². The molecule has 4 heteroatoms. The Labute approximate surface area is 120 Å². The van der Waals surface area contributed by atoms with Crippen LogP contribution in [0.15, 0.2) is 18.2 Å². The molecule has 1 atom stereocenters. The van der Waals surface area contributed by atoms with Crippen molar-refractivity contribution in [1.82, 2.24) is 4.90 Å². The number of hydrogen-bond acceptors (Lipinski definition) is 2. The number of nitrogens with zero attached hydrogens (tertiary/aromatic N) is 1. The molecule has 1 fully saturated rings. The smallest absolute Gasteiger partial charge is 0.322 e. The number of aliphatic hydroxyl groups is 1. The molecule has 0 aliphatic carbocycles. The fourth-order valence-electron chi connectivity index (χ4n) is 2.89. The van der Waals surface area contributed by atoms with Crippen LogP contribution in [0, 0.1) is 13.8 Å². The lowest BCUT2D eigenvalue weighted by Crippen LogP contribution is -2.49. The van der Waals surface area contributed by atoms with E-state index in [2.05, 4.69) is 5.32 Å². The number of carbonyl (C=O) groups is 1. The molecule has 0 bridgehead atoms. The van der Waals surface area contributed by atoms with Gasteiger partial charge in [-0.25, -0.2) is 4.79 Å². The number of urea groups is 1. The van der Waals surface area contributed by atoms with Crippen LogP contribution in [-0.2, 0) is 0 Å². The molecule has 1 saturated heterocycles. The number of likely N-dealkylation sites (tertiary alicyclic amines) is 1. The average molecular weight is 276 g/mol. The predicted molar refractivity (Wildman–Crippen MR) is 81.0 cm³/mol. The first-order valence-electron chi connectivity index (χ1n) is 7.16. The number of rotatable bonds is 2. The van der Waals surface area contributed by atoms with Crippen LogP contribution in [0.3, 0.4) is 0 Å². The summed E-state index contributed by atoms with van der Waals surface area (Å²) >= 11 is 0. The Morgan fingerprint density at radius 1 is 1.40 bits per heavy atom. The molecule has 20 heavy (non-hydrogen) atoms. The van der Waals surface area contributed by atoms with Gasteiger partial charge in [0.15, 0.2) is 0 Å². The van der Waals surface area contributed by atoms with E-state index in [4.69, 9.17) is 0 Å². The lowest BCUT2D eigenvalue weighted by atomic mass is 9.97. The Bertz CT molecular complexity index is 506. The molecule has 0 aromatic heterocycles. The average Bonchev–Trinajstić information content (AvgIpc) is 2.81. The fourth-order valence-corrected chi connectivity index (χ4v) is 2.89. The molecule has 4 nitrogen and oxygen atoms in total. The maximum atomic E-state index is 12.4. The summed E-state index contributed by atoms with van der Waals surface area (Å²) < 4.78 is 0. The molecule has 1 heterocycles. The molecule has 1 unspecified atom stereocenters. The van der Waals surface area contributed by atoms with Crippen LogP contribution >= 0.6 is 0 Å². The number of carbonyl (C=O) groups excluding carboxylic acids is 1. The largest absolute Gasteiger partial charge is 0.388 e. The topological polar surface area (TPSA) is 52.6 Å². The third-order valence-corrected chi connectivity index (χ3v) is 3.95. The minimum absolute atomic E-state index is 0.117. The van der Waals surface area contributed by atoms with Gasteiger partial charge in [-0.05, 0) is 52.2 Å². The van der Waals surface area contributed by atoms with Crippen molar-refractivity contribution in [2.75, 3.05) is 11.9 Å². The highest BCUT2D eigenvalue weighted by atomic mass is 16.3. The molecule has 110 valence electrons. The van der Waals surface area contributed by atoms with E-state index in [-0.39, 0.29) is 12.1 Å². The molecular weight excluding hydrogens is 252 g/mol. The van der Waals surface area contributed by atoms with E-state index in [1.807, 2.05) is 32.0 Å². The zero-order valence-corrected chi connectivity index (χ0v) is 12.7. The zero-order valence-electron chi connectivity index (χ0n) is 12.7. The molecule has 0 saturated carbocycles. The van der Waals surface area contributed by atoms with Gasteiger partial charge in [0, 0.05) is 12.2 Å². The third kappa shape index (κ3) is 3.12. The van der Waals surface area contributed by atoms with Crippen LogP contribution in [0.4, 0.5) is 10.5 Å². The van der Waals surface area contributed by atoms with Crippen molar-refractivity contribution in [3.63, 3.8) is 0 Å². The van der Waals surface area contributed by atoms with Crippen molar-refractivity contribution in [2.24, 2.45) is 0 Å². The SMILES string of the molecule is Cc1ccc(NC(=O)N2CCCC2C(C)(C)O)c(C)c1. The third-order valence-electron chi connectivity index (χ3n) is 3.95. The Morgan fingerprint density at radius 2 is 2.10 bits per heavy atom. The standard InChI is InChI=1S/C16H24N2O2/c1-11-7-8-13(12(2)10-11)17-15(19)18-9-5-6-14(18)16(3,4)20/h7-8,10,14,20H,5-6,9H2,1-4H3,(H,17,19). The summed E-state index contributed by atoms with van der Waals surface area (Å²) in [6.07, 6.45) is 1.79. The monoisotopic (exact) mass is 276 g/mol. The summed E-state index contributed by atoms with van der Waals surface area (Å²) in [5, 5.41) is 13.1. The van der Waals surface area contributed by atoms with Crippen LogP contribution in [0.5, 0.6) is 0 Å². The van der Waals surface area contributed by atoms with E-state index in [9.17, 15) is 9.90 Å². The van der Waals surface area contributed by atoms with Gasteiger partial charge in [0.1, 0.15) is 0 Å². The molecule has 2 N–H and O–H groups in total. The van der Waals surface area contributed by atoms with E-state index in [1.54, 1.807) is 18.7 Å². The highest BCUT2D eigenvalue weighted by molar-refractivity contribution is 5.90. The normalized spacial score (nSPS) is 19.2. The van der Waals surface area contributed by atoms with Gasteiger partial charge in [-0.1, -0.05) is 17.7 Å². The number of hydrogen-bond donors (Lipinski definition) is 2. The quantitative estimate of drug-likeness (QED) is 0.872. The van der Waals surface area contributed by atoms with Crippen molar-refractivity contribution in [3.05, 3.63) is 29.3 Å². The van der Waals surface area contributed by atoms with Gasteiger partial charge < -0.3 is 15.3 Å². The molecular formula is C16H24N2O2. The summed E-state index contributed by atoms with van der Waals surface area (Å²) in [5.74, 6) is 0. The molecule has 2 rings (SSSR count). The second-order valence-electron chi connectivity index (χ2n) is 6.25. The zero-order chi connectivity index (χ0) is 14.9. The first-order chi connectivity index (χ1) is 9.29. The second-order valence-corrected chi connectivity index (χ2v) is 6.25. The van der Waals surface area contributed by atoms with Gasteiger partial charge in [0.25, 0.3) is 0 Å². The summed E-state index contributed by atoms with van der Waals surface area (Å²) in [7, 11) is 0. The van der Waals surface area contributed by atoms with Crippen molar-refractivity contribution in [2.45, 2.75) is 52.2 Å². The Hall–Kier alpha value is -1.55. The van der Waals surface area contributed by atoms with Gasteiger partial charge >= 0.3 is 6.03 Å². The minimum atomic E-state index is -0.865.